The van der Waals surface area contributed by atoms with Crippen molar-refractivity contribution in [1.82, 2.24) is 9.13 Å². The van der Waals surface area contributed by atoms with E-state index in [2.05, 4.69) is 264 Å². The fraction of sp³-hybridized carbons (Fsp3) is 0. The molecule has 0 saturated heterocycles. The Kier molecular flexibility index (Phi) is 8.87. The third-order valence-corrected chi connectivity index (χ3v) is 17.9. The summed E-state index contributed by atoms with van der Waals surface area (Å²) in [6.07, 6.45) is 0. The second-order valence-electron chi connectivity index (χ2n) is 16.4. The van der Waals surface area contributed by atoms with E-state index >= 15 is 0 Å². The molecule has 0 bridgehead atoms. The highest BCUT2D eigenvalue weighted by molar-refractivity contribution is 7.20. The van der Waals surface area contributed by atoms with Gasteiger partial charge in [-0.1, -0.05) is 218 Å². The summed E-state index contributed by atoms with van der Waals surface area (Å²) >= 11 is 0. The number of fused-ring (bicyclic) bond motifs is 6. The van der Waals surface area contributed by atoms with Crippen LogP contribution in [0.3, 0.4) is 0 Å². The maximum absolute atomic E-state index is 2.99. The zero-order valence-corrected chi connectivity index (χ0v) is 35.6. The van der Waals surface area contributed by atoms with Crippen LogP contribution >= 0.6 is 0 Å². The van der Waals surface area contributed by atoms with Crippen LogP contribution in [0.2, 0.25) is 0 Å². The largest absolute Gasteiger partial charge is 0.307 e. The molecule has 0 saturated carbocycles. The SMILES string of the molecule is c1ccc(-c2ccc(-n3c4ccccc4c4cccc(-n5c6ccccc6c6c([Si](c7ccccc7)(c7ccccc7)c7ccc(-c8ccccc8)cc7)cccc65)c43)cc2)cc1. The first kappa shape index (κ1) is 36.8. The molecule has 296 valence electrons. The van der Waals surface area contributed by atoms with Crippen LogP contribution in [0, 0.1) is 0 Å². The molecular weight excluding hydrogens is 777 g/mol. The number of rotatable bonds is 8. The first-order valence-corrected chi connectivity index (χ1v) is 23.8. The maximum atomic E-state index is 2.54. The zero-order valence-electron chi connectivity index (χ0n) is 34.6. The van der Waals surface area contributed by atoms with Gasteiger partial charge in [-0.25, -0.2) is 0 Å². The Morgan fingerprint density at radius 2 is 0.698 bits per heavy atom. The van der Waals surface area contributed by atoms with Gasteiger partial charge in [0.15, 0.2) is 8.07 Å². The monoisotopic (exact) mass is 818 g/mol. The minimum absolute atomic E-state index is 1.13. The van der Waals surface area contributed by atoms with Gasteiger partial charge >= 0.3 is 0 Å². The smallest absolute Gasteiger partial charge is 0.180 e. The summed E-state index contributed by atoms with van der Waals surface area (Å²) < 4.78 is 5.01. The normalized spacial score (nSPS) is 11.8. The summed E-state index contributed by atoms with van der Waals surface area (Å²) in [4.78, 5) is 0. The lowest BCUT2D eigenvalue weighted by Crippen LogP contribution is -2.74. The number of aromatic nitrogens is 2. The summed E-state index contributed by atoms with van der Waals surface area (Å²) in [5.74, 6) is 0. The Hall–Kier alpha value is -7.98. The van der Waals surface area contributed by atoms with Crippen LogP contribution in [0.15, 0.2) is 255 Å². The van der Waals surface area contributed by atoms with Crippen LogP contribution in [0.1, 0.15) is 0 Å². The number of para-hydroxylation sites is 3. The van der Waals surface area contributed by atoms with E-state index in [4.69, 9.17) is 0 Å². The fourth-order valence-corrected chi connectivity index (χ4v) is 15.3. The highest BCUT2D eigenvalue weighted by Crippen LogP contribution is 2.40. The van der Waals surface area contributed by atoms with E-state index in [-0.39, 0.29) is 0 Å². The standard InChI is InChI=1S/C60H42N2Si/c1-5-19-43(20-6-1)45-35-39-47(40-36-45)61-54-30-15-13-27-51(54)52-29-17-33-57(60(52)61)62-55-31-16-14-28-53(55)59-56(62)32-18-34-58(59)63(48-23-9-3-10-24-48,49-25-11-4-12-26-49)50-41-37-46(38-42-50)44-21-7-2-8-22-44/h1-42H. The van der Waals surface area contributed by atoms with Gasteiger partial charge in [-0.05, 0) is 79.4 Å². The zero-order chi connectivity index (χ0) is 41.7. The lowest BCUT2D eigenvalue weighted by molar-refractivity contribution is 1.13. The van der Waals surface area contributed by atoms with Crippen molar-refractivity contribution in [2.75, 3.05) is 0 Å². The second-order valence-corrected chi connectivity index (χ2v) is 20.2. The topological polar surface area (TPSA) is 9.86 Å². The van der Waals surface area contributed by atoms with Gasteiger partial charge in [0.2, 0.25) is 0 Å². The molecule has 0 atom stereocenters. The number of nitrogens with zero attached hydrogens (tertiary/aromatic N) is 2. The third-order valence-electron chi connectivity index (χ3n) is 13.1. The first-order chi connectivity index (χ1) is 31.3. The van der Waals surface area contributed by atoms with E-state index in [1.807, 2.05) is 0 Å². The molecule has 0 amide bonds. The molecule has 0 aliphatic rings. The lowest BCUT2D eigenvalue weighted by Gasteiger charge is -2.35. The molecule has 2 nitrogen and oxygen atoms in total. The Morgan fingerprint density at radius 3 is 1.30 bits per heavy atom. The highest BCUT2D eigenvalue weighted by Gasteiger charge is 2.43. The van der Waals surface area contributed by atoms with Crippen molar-refractivity contribution in [1.29, 1.82) is 0 Å². The molecule has 0 spiro atoms. The Morgan fingerprint density at radius 1 is 0.270 bits per heavy atom. The maximum Gasteiger partial charge on any atom is 0.180 e. The molecule has 2 heterocycles. The minimum Gasteiger partial charge on any atom is -0.307 e. The molecule has 3 heteroatoms. The minimum atomic E-state index is -2.99. The summed E-state index contributed by atoms with van der Waals surface area (Å²) in [5.41, 5.74) is 11.9. The van der Waals surface area contributed by atoms with Crippen LogP contribution < -0.4 is 20.7 Å². The van der Waals surface area contributed by atoms with Crippen molar-refractivity contribution in [2.45, 2.75) is 0 Å². The van der Waals surface area contributed by atoms with Gasteiger partial charge in [-0.3, -0.25) is 0 Å². The van der Waals surface area contributed by atoms with E-state index in [0.29, 0.717) is 0 Å². The van der Waals surface area contributed by atoms with Gasteiger partial charge in [-0.15, -0.1) is 0 Å². The quantitative estimate of drug-likeness (QED) is 0.107. The van der Waals surface area contributed by atoms with Crippen LogP contribution in [-0.2, 0) is 0 Å². The van der Waals surface area contributed by atoms with E-state index in [1.165, 1.54) is 86.6 Å². The average Bonchev–Trinajstić information content (AvgIpc) is 3.89. The predicted molar refractivity (Wildman–Crippen MR) is 270 cm³/mol. The summed E-state index contributed by atoms with van der Waals surface area (Å²) in [6.45, 7) is 0. The average molecular weight is 819 g/mol. The lowest BCUT2D eigenvalue weighted by atomic mass is 10.1. The van der Waals surface area contributed by atoms with Crippen LogP contribution in [0.25, 0.3) is 77.2 Å². The van der Waals surface area contributed by atoms with Crippen LogP contribution in [-0.4, -0.2) is 17.2 Å². The highest BCUT2D eigenvalue weighted by atomic mass is 28.3. The molecule has 0 N–H and O–H groups in total. The van der Waals surface area contributed by atoms with Crippen molar-refractivity contribution in [3.8, 4) is 33.6 Å². The van der Waals surface area contributed by atoms with Gasteiger partial charge < -0.3 is 9.13 Å². The van der Waals surface area contributed by atoms with E-state index in [0.717, 1.165) is 11.4 Å². The van der Waals surface area contributed by atoms with Crippen molar-refractivity contribution in [2.24, 2.45) is 0 Å². The number of hydrogen-bond acceptors (Lipinski definition) is 0. The van der Waals surface area contributed by atoms with E-state index in [1.54, 1.807) is 0 Å². The molecule has 2 aromatic heterocycles. The van der Waals surface area contributed by atoms with Gasteiger partial charge in [0.1, 0.15) is 0 Å². The van der Waals surface area contributed by atoms with Crippen LogP contribution in [0.4, 0.5) is 0 Å². The fourth-order valence-electron chi connectivity index (χ4n) is 10.4. The summed E-state index contributed by atoms with van der Waals surface area (Å²) in [5, 5.41) is 10.5. The van der Waals surface area contributed by atoms with E-state index < -0.39 is 8.07 Å². The Balaban J connectivity index is 1.16. The summed E-state index contributed by atoms with van der Waals surface area (Å²) in [7, 11) is -2.99. The predicted octanol–water partition coefficient (Wildman–Crippen LogP) is 12.6. The molecule has 0 fully saturated rings. The molecule has 12 aromatic rings. The molecule has 12 rings (SSSR count). The molecule has 0 radical (unpaired) electrons. The molecule has 10 aromatic carbocycles. The number of hydrogen-bond donors (Lipinski definition) is 0. The summed E-state index contributed by atoms with van der Waals surface area (Å²) in [6, 6.07) is 94.3. The van der Waals surface area contributed by atoms with Crippen LogP contribution in [0.5, 0.6) is 0 Å². The van der Waals surface area contributed by atoms with E-state index in [9.17, 15) is 0 Å². The van der Waals surface area contributed by atoms with Gasteiger partial charge in [-0.2, -0.15) is 0 Å². The molecular formula is C60H42N2Si. The van der Waals surface area contributed by atoms with Gasteiger partial charge in [0.25, 0.3) is 0 Å². The van der Waals surface area contributed by atoms with Gasteiger partial charge in [0, 0.05) is 27.2 Å². The first-order valence-electron chi connectivity index (χ1n) is 21.8. The Labute approximate surface area is 368 Å². The van der Waals surface area contributed by atoms with Crippen molar-refractivity contribution >= 4 is 72.4 Å². The second kappa shape index (κ2) is 15.2. The molecule has 0 unspecified atom stereocenters. The van der Waals surface area contributed by atoms with Crippen molar-refractivity contribution < 1.29 is 0 Å². The molecule has 0 aliphatic carbocycles. The van der Waals surface area contributed by atoms with Crippen molar-refractivity contribution in [3.05, 3.63) is 255 Å². The van der Waals surface area contributed by atoms with Crippen molar-refractivity contribution in [3.63, 3.8) is 0 Å². The Bertz CT molecular complexity index is 3530. The van der Waals surface area contributed by atoms with Gasteiger partial charge in [0.05, 0.1) is 27.8 Å². The molecule has 0 aliphatic heterocycles. The number of benzene rings is 10. The third kappa shape index (κ3) is 5.85. The molecule has 63 heavy (non-hydrogen) atoms.